The number of aliphatic hydroxyl groups is 1. The Morgan fingerprint density at radius 3 is 2.53 bits per heavy atom. The van der Waals surface area contributed by atoms with Crippen molar-refractivity contribution in [2.24, 2.45) is 11.8 Å². The number of hydrogen-bond donors (Lipinski definition) is 2. The van der Waals surface area contributed by atoms with Gasteiger partial charge in [0, 0.05) is 24.7 Å². The van der Waals surface area contributed by atoms with Crippen LogP contribution in [-0.2, 0) is 19.1 Å². The summed E-state index contributed by atoms with van der Waals surface area (Å²) < 4.78 is 10.3. The van der Waals surface area contributed by atoms with E-state index in [4.69, 9.17) is 14.6 Å². The number of carbonyl (C=O) groups is 3. The molecule has 7 heteroatoms. The van der Waals surface area contributed by atoms with Crippen molar-refractivity contribution in [3.05, 3.63) is 12.2 Å². The fourth-order valence-electron chi connectivity index (χ4n) is 3.92. The Labute approximate surface area is 179 Å². The van der Waals surface area contributed by atoms with Crippen LogP contribution in [0.15, 0.2) is 12.2 Å². The van der Waals surface area contributed by atoms with E-state index in [2.05, 4.69) is 6.92 Å². The highest BCUT2D eigenvalue weighted by Crippen LogP contribution is 2.36. The van der Waals surface area contributed by atoms with Gasteiger partial charge in [-0.1, -0.05) is 57.6 Å². The molecule has 1 fully saturated rings. The predicted octanol–water partition coefficient (Wildman–Crippen LogP) is 4.66. The quantitative estimate of drug-likeness (QED) is 0.223. The van der Waals surface area contributed by atoms with Crippen molar-refractivity contribution >= 4 is 17.9 Å². The van der Waals surface area contributed by atoms with Gasteiger partial charge in [-0.05, 0) is 26.2 Å². The van der Waals surface area contributed by atoms with Crippen molar-refractivity contribution < 1.29 is 34.1 Å². The number of ketones is 1. The molecule has 0 aromatic carbocycles. The molecule has 172 valence electrons. The van der Waals surface area contributed by atoms with E-state index < -0.39 is 24.3 Å². The van der Waals surface area contributed by atoms with Crippen LogP contribution in [0.3, 0.4) is 0 Å². The van der Waals surface area contributed by atoms with E-state index in [-0.39, 0.29) is 37.1 Å². The molecule has 0 aliphatic heterocycles. The van der Waals surface area contributed by atoms with E-state index in [1.54, 1.807) is 13.0 Å². The Bertz CT molecular complexity index is 558. The summed E-state index contributed by atoms with van der Waals surface area (Å²) in [6.45, 7) is 4.00. The first-order valence-electron chi connectivity index (χ1n) is 11.3. The fraction of sp³-hybridized carbons (Fsp3) is 0.783. The number of rotatable bonds is 15. The molecule has 30 heavy (non-hydrogen) atoms. The second kappa shape index (κ2) is 15.0. The first kappa shape index (κ1) is 26.1. The Morgan fingerprint density at radius 2 is 1.87 bits per heavy atom. The average Bonchev–Trinajstić information content (AvgIpc) is 2.97. The van der Waals surface area contributed by atoms with Gasteiger partial charge in [0.25, 0.3) is 0 Å². The van der Waals surface area contributed by atoms with E-state index >= 15 is 0 Å². The lowest BCUT2D eigenvalue weighted by molar-refractivity contribution is -0.137. The average molecular weight is 427 g/mol. The van der Waals surface area contributed by atoms with Gasteiger partial charge in [-0.3, -0.25) is 9.59 Å². The van der Waals surface area contributed by atoms with Crippen molar-refractivity contribution in [1.29, 1.82) is 0 Å². The molecule has 2 N–H and O–H groups in total. The molecule has 0 unspecified atom stereocenters. The first-order valence-corrected chi connectivity index (χ1v) is 11.3. The van der Waals surface area contributed by atoms with Crippen molar-refractivity contribution in [2.75, 3.05) is 6.61 Å². The molecule has 0 bridgehead atoms. The zero-order valence-electron chi connectivity index (χ0n) is 18.4. The van der Waals surface area contributed by atoms with Gasteiger partial charge in [0.15, 0.2) is 0 Å². The monoisotopic (exact) mass is 426 g/mol. The van der Waals surface area contributed by atoms with Crippen LogP contribution in [0.4, 0.5) is 4.79 Å². The van der Waals surface area contributed by atoms with E-state index in [0.717, 1.165) is 38.5 Å². The largest absolute Gasteiger partial charge is 0.508 e. The maximum atomic E-state index is 12.6. The zero-order valence-corrected chi connectivity index (χ0v) is 18.4. The minimum Gasteiger partial charge on any atom is -0.481 e. The number of unbranched alkanes of at least 4 members (excludes halogenated alkanes) is 5. The molecule has 0 amide bonds. The van der Waals surface area contributed by atoms with Gasteiger partial charge in [-0.15, -0.1) is 0 Å². The van der Waals surface area contributed by atoms with E-state index in [9.17, 15) is 19.5 Å². The molecule has 0 spiro atoms. The van der Waals surface area contributed by atoms with Gasteiger partial charge in [-0.2, -0.15) is 0 Å². The zero-order chi connectivity index (χ0) is 22.4. The standard InChI is InChI=1S/C23H38O7/c1-3-5-8-11-17(24)14-15-19-18(12-9-6-7-10-13-22(26)27)20(25)16-21(19)30-23(28)29-4-2/h14-15,17-19,21,24H,3-13,16H2,1-2H3,(H,26,27)/b15-14+/t17-,18+,19+,21+/m0/s1. The van der Waals surface area contributed by atoms with Crippen LogP contribution < -0.4 is 0 Å². The number of hydrogen-bond acceptors (Lipinski definition) is 6. The van der Waals surface area contributed by atoms with Gasteiger partial charge in [-0.25, -0.2) is 4.79 Å². The van der Waals surface area contributed by atoms with E-state index in [0.29, 0.717) is 19.3 Å². The number of ether oxygens (including phenoxy) is 2. The Kier molecular flexibility index (Phi) is 13.1. The maximum absolute atomic E-state index is 12.6. The van der Waals surface area contributed by atoms with E-state index in [1.807, 2.05) is 6.08 Å². The third-order valence-electron chi connectivity index (χ3n) is 5.53. The summed E-state index contributed by atoms with van der Waals surface area (Å²) in [6.07, 6.45) is 9.48. The van der Waals surface area contributed by atoms with Crippen LogP contribution in [0.5, 0.6) is 0 Å². The fourth-order valence-corrected chi connectivity index (χ4v) is 3.92. The molecule has 4 atom stereocenters. The molecule has 0 saturated heterocycles. The molecule has 0 aromatic heterocycles. The van der Waals surface area contributed by atoms with Crippen LogP contribution in [-0.4, -0.2) is 46.9 Å². The minimum absolute atomic E-state index is 0.0601. The summed E-state index contributed by atoms with van der Waals surface area (Å²) in [5, 5.41) is 18.9. The number of Topliss-reactive ketones (excluding diaryl/α,β-unsaturated/α-hetero) is 1. The second-order valence-electron chi connectivity index (χ2n) is 7.99. The Morgan fingerprint density at radius 1 is 1.13 bits per heavy atom. The summed E-state index contributed by atoms with van der Waals surface area (Å²) in [7, 11) is 0. The van der Waals surface area contributed by atoms with Gasteiger partial charge < -0.3 is 19.7 Å². The third kappa shape index (κ3) is 10.2. The number of carbonyl (C=O) groups excluding carboxylic acids is 2. The summed E-state index contributed by atoms with van der Waals surface area (Å²) >= 11 is 0. The second-order valence-corrected chi connectivity index (χ2v) is 7.99. The lowest BCUT2D eigenvalue weighted by Crippen LogP contribution is -2.25. The summed E-state index contributed by atoms with van der Waals surface area (Å²) in [5.74, 6) is -1.27. The lowest BCUT2D eigenvalue weighted by atomic mass is 9.88. The Hall–Kier alpha value is -1.89. The van der Waals surface area contributed by atoms with Crippen LogP contribution in [0.1, 0.15) is 84.5 Å². The van der Waals surface area contributed by atoms with Gasteiger partial charge in [0.1, 0.15) is 11.9 Å². The molecule has 1 rings (SSSR count). The molecule has 0 radical (unpaired) electrons. The summed E-state index contributed by atoms with van der Waals surface area (Å²) in [4.78, 5) is 35.0. The number of carboxylic acids is 1. The smallest absolute Gasteiger partial charge is 0.481 e. The first-order chi connectivity index (χ1) is 14.4. The molecule has 1 aliphatic rings. The SMILES string of the molecule is CCCCC[C@H](O)/C=C/[C@H]1[C@H](OC(=O)OCC)CC(=O)[C@@H]1CCCCCCC(=O)O. The topological polar surface area (TPSA) is 110 Å². The summed E-state index contributed by atoms with van der Waals surface area (Å²) in [5.41, 5.74) is 0. The van der Waals surface area contributed by atoms with Crippen molar-refractivity contribution in [1.82, 2.24) is 0 Å². The molecule has 7 nitrogen and oxygen atoms in total. The number of carboxylic acid groups (broad SMARTS) is 1. The normalized spacial score (nSPS) is 22.4. The van der Waals surface area contributed by atoms with Crippen LogP contribution in [0.25, 0.3) is 0 Å². The predicted molar refractivity (Wildman–Crippen MR) is 113 cm³/mol. The van der Waals surface area contributed by atoms with Gasteiger partial charge in [0.2, 0.25) is 0 Å². The van der Waals surface area contributed by atoms with Crippen molar-refractivity contribution in [2.45, 2.75) is 96.7 Å². The van der Waals surface area contributed by atoms with Crippen molar-refractivity contribution in [3.8, 4) is 0 Å². The molecular weight excluding hydrogens is 388 g/mol. The molecule has 1 saturated carbocycles. The Balaban J connectivity index is 2.67. The van der Waals surface area contributed by atoms with Gasteiger partial charge in [0.05, 0.1) is 12.7 Å². The molecule has 1 aliphatic carbocycles. The molecule has 0 heterocycles. The highest BCUT2D eigenvalue weighted by molar-refractivity contribution is 5.85. The highest BCUT2D eigenvalue weighted by atomic mass is 16.7. The number of aliphatic carboxylic acids is 1. The van der Waals surface area contributed by atoms with Crippen LogP contribution >= 0.6 is 0 Å². The third-order valence-corrected chi connectivity index (χ3v) is 5.53. The van der Waals surface area contributed by atoms with Gasteiger partial charge >= 0.3 is 12.1 Å². The van der Waals surface area contributed by atoms with Crippen molar-refractivity contribution in [3.63, 3.8) is 0 Å². The molecular formula is C23H38O7. The minimum atomic E-state index is -0.789. The molecule has 0 aromatic rings. The van der Waals surface area contributed by atoms with Crippen LogP contribution in [0.2, 0.25) is 0 Å². The van der Waals surface area contributed by atoms with E-state index in [1.165, 1.54) is 0 Å². The van der Waals surface area contributed by atoms with Crippen LogP contribution in [0, 0.1) is 11.8 Å². The lowest BCUT2D eigenvalue weighted by Gasteiger charge is -2.21. The maximum Gasteiger partial charge on any atom is 0.508 e. The number of aliphatic hydroxyl groups excluding tert-OH is 1. The highest BCUT2D eigenvalue weighted by Gasteiger charge is 2.43. The summed E-state index contributed by atoms with van der Waals surface area (Å²) in [6, 6.07) is 0.